The minimum atomic E-state index is -0.148. The Hall–Kier alpha value is -2.53. The van der Waals surface area contributed by atoms with Crippen molar-refractivity contribution in [1.82, 2.24) is 0 Å². The van der Waals surface area contributed by atoms with Gasteiger partial charge in [-0.2, -0.15) is 0 Å². The minimum Gasteiger partial charge on any atom is -0.497 e. The van der Waals surface area contributed by atoms with Gasteiger partial charge in [-0.25, -0.2) is 0 Å². The van der Waals surface area contributed by atoms with Crippen molar-refractivity contribution in [2.45, 2.75) is 44.1 Å². The number of benzene rings is 2. The van der Waals surface area contributed by atoms with Crippen LogP contribution in [0.3, 0.4) is 0 Å². The second kappa shape index (κ2) is 9.52. The molecule has 0 unspecified atom stereocenters. The molecule has 5 heteroatoms. The zero-order valence-corrected chi connectivity index (χ0v) is 18.7. The quantitative estimate of drug-likeness (QED) is 0.571. The Morgan fingerprint density at radius 3 is 2.33 bits per heavy atom. The molecule has 2 aromatic carbocycles. The second-order valence-corrected chi connectivity index (χ2v) is 8.44. The van der Waals surface area contributed by atoms with Gasteiger partial charge in [0.2, 0.25) is 0 Å². The largest absolute Gasteiger partial charge is 0.497 e. The molecule has 0 spiro atoms. The predicted molar refractivity (Wildman–Crippen MR) is 121 cm³/mol. The van der Waals surface area contributed by atoms with Crippen molar-refractivity contribution in [2.75, 3.05) is 34.5 Å². The molecule has 2 aromatic rings. The molecule has 162 valence electrons. The Bertz CT molecular complexity index is 860. The molecule has 0 amide bonds. The van der Waals surface area contributed by atoms with E-state index in [0.717, 1.165) is 49.5 Å². The van der Waals surface area contributed by atoms with Crippen LogP contribution in [0.25, 0.3) is 0 Å². The van der Waals surface area contributed by atoms with Crippen molar-refractivity contribution in [1.29, 1.82) is 0 Å². The van der Waals surface area contributed by atoms with Crippen molar-refractivity contribution in [3.8, 4) is 17.2 Å². The standard InChI is InChI=1S/C25H33NO4/c1-24(2)18-25(13-15-30-24,20-7-9-21(27-3)10-8-20)12-14-26-17-19-6-11-22(28-4)23(16-19)29-5/h6-11,16-17H,12-15,18H2,1-5H3/t25-/m1/s1. The summed E-state index contributed by atoms with van der Waals surface area (Å²) >= 11 is 0. The van der Waals surface area contributed by atoms with Gasteiger partial charge in [0.25, 0.3) is 0 Å². The Balaban J connectivity index is 1.76. The maximum atomic E-state index is 6.02. The summed E-state index contributed by atoms with van der Waals surface area (Å²) in [5.74, 6) is 2.31. The first-order valence-corrected chi connectivity index (χ1v) is 10.4. The van der Waals surface area contributed by atoms with E-state index < -0.39 is 0 Å². The first kappa shape index (κ1) is 22.2. The molecule has 1 fully saturated rings. The van der Waals surface area contributed by atoms with Crippen molar-refractivity contribution < 1.29 is 18.9 Å². The number of hydrogen-bond acceptors (Lipinski definition) is 5. The molecule has 1 heterocycles. The van der Waals surface area contributed by atoms with Crippen LogP contribution in [-0.2, 0) is 10.2 Å². The van der Waals surface area contributed by atoms with E-state index in [1.165, 1.54) is 5.56 Å². The van der Waals surface area contributed by atoms with E-state index in [1.54, 1.807) is 21.3 Å². The molecule has 3 rings (SSSR count). The molecule has 5 nitrogen and oxygen atoms in total. The third kappa shape index (κ3) is 5.14. The summed E-state index contributed by atoms with van der Waals surface area (Å²) in [6.07, 6.45) is 4.84. The summed E-state index contributed by atoms with van der Waals surface area (Å²) in [6, 6.07) is 14.3. The number of aliphatic imine (C=N–C) groups is 1. The lowest BCUT2D eigenvalue weighted by Gasteiger charge is -2.45. The summed E-state index contributed by atoms with van der Waals surface area (Å²) < 4.78 is 22.1. The molecular formula is C25H33NO4. The summed E-state index contributed by atoms with van der Waals surface area (Å²) in [6.45, 7) is 5.86. The first-order chi connectivity index (χ1) is 14.4. The van der Waals surface area contributed by atoms with Crippen LogP contribution in [0.2, 0.25) is 0 Å². The molecular weight excluding hydrogens is 378 g/mol. The summed E-state index contributed by atoms with van der Waals surface area (Å²) in [5.41, 5.74) is 2.23. The predicted octanol–water partition coefficient (Wildman–Crippen LogP) is 5.05. The van der Waals surface area contributed by atoms with Gasteiger partial charge in [-0.15, -0.1) is 0 Å². The molecule has 0 bridgehead atoms. The topological polar surface area (TPSA) is 49.3 Å². The molecule has 0 N–H and O–H groups in total. The van der Waals surface area contributed by atoms with Crippen molar-refractivity contribution >= 4 is 6.21 Å². The molecule has 0 aromatic heterocycles. The highest BCUT2D eigenvalue weighted by molar-refractivity contribution is 5.80. The zero-order chi connectivity index (χ0) is 21.6. The zero-order valence-electron chi connectivity index (χ0n) is 18.7. The molecule has 0 radical (unpaired) electrons. The smallest absolute Gasteiger partial charge is 0.161 e. The van der Waals surface area contributed by atoms with Crippen LogP contribution < -0.4 is 14.2 Å². The van der Waals surface area contributed by atoms with E-state index in [9.17, 15) is 0 Å². The van der Waals surface area contributed by atoms with Gasteiger partial charge >= 0.3 is 0 Å². The Kier molecular flexibility index (Phi) is 7.03. The van der Waals surface area contributed by atoms with Crippen LogP contribution >= 0.6 is 0 Å². The third-order valence-electron chi connectivity index (χ3n) is 5.91. The van der Waals surface area contributed by atoms with Crippen LogP contribution in [0.4, 0.5) is 0 Å². The number of ether oxygens (including phenoxy) is 4. The van der Waals surface area contributed by atoms with Crippen LogP contribution in [0.15, 0.2) is 47.5 Å². The lowest BCUT2D eigenvalue weighted by molar-refractivity contribution is -0.0836. The van der Waals surface area contributed by atoms with E-state index in [0.29, 0.717) is 5.75 Å². The summed E-state index contributed by atoms with van der Waals surface area (Å²) in [5, 5.41) is 0. The average Bonchev–Trinajstić information content (AvgIpc) is 2.76. The SMILES string of the molecule is COc1ccc([C@]2(CCN=Cc3ccc(OC)c(OC)c3)CCOC(C)(C)C2)cc1. The lowest BCUT2D eigenvalue weighted by Crippen LogP contribution is -2.44. The van der Waals surface area contributed by atoms with Crippen LogP contribution in [0, 0.1) is 0 Å². The molecule has 1 aliphatic rings. The highest BCUT2D eigenvalue weighted by atomic mass is 16.5. The second-order valence-electron chi connectivity index (χ2n) is 8.44. The van der Waals surface area contributed by atoms with Gasteiger partial charge in [-0.3, -0.25) is 4.99 Å². The number of hydrogen-bond donors (Lipinski definition) is 0. The lowest BCUT2D eigenvalue weighted by atomic mass is 9.67. The van der Waals surface area contributed by atoms with E-state index in [4.69, 9.17) is 23.9 Å². The van der Waals surface area contributed by atoms with Crippen molar-refractivity contribution in [3.63, 3.8) is 0 Å². The van der Waals surface area contributed by atoms with Gasteiger partial charge in [0.05, 0.1) is 26.9 Å². The first-order valence-electron chi connectivity index (χ1n) is 10.4. The average molecular weight is 412 g/mol. The van der Waals surface area contributed by atoms with Crippen molar-refractivity contribution in [3.05, 3.63) is 53.6 Å². The van der Waals surface area contributed by atoms with Gasteiger partial charge in [-0.05, 0) is 74.6 Å². The van der Waals surface area contributed by atoms with Gasteiger partial charge in [0.1, 0.15) is 5.75 Å². The van der Waals surface area contributed by atoms with E-state index in [1.807, 2.05) is 36.5 Å². The van der Waals surface area contributed by atoms with E-state index in [-0.39, 0.29) is 11.0 Å². The maximum Gasteiger partial charge on any atom is 0.161 e. The molecule has 1 aliphatic heterocycles. The van der Waals surface area contributed by atoms with Gasteiger partial charge in [-0.1, -0.05) is 12.1 Å². The Morgan fingerprint density at radius 1 is 0.967 bits per heavy atom. The molecule has 1 saturated heterocycles. The Morgan fingerprint density at radius 2 is 1.70 bits per heavy atom. The van der Waals surface area contributed by atoms with Gasteiger partial charge in [0, 0.05) is 24.8 Å². The maximum absolute atomic E-state index is 6.02. The fourth-order valence-corrected chi connectivity index (χ4v) is 4.41. The van der Waals surface area contributed by atoms with Crippen LogP contribution in [0.1, 0.15) is 44.2 Å². The van der Waals surface area contributed by atoms with E-state index >= 15 is 0 Å². The number of methoxy groups -OCH3 is 3. The van der Waals surface area contributed by atoms with Crippen molar-refractivity contribution in [2.24, 2.45) is 4.99 Å². The molecule has 0 aliphatic carbocycles. The normalized spacial score (nSPS) is 20.8. The molecule has 0 saturated carbocycles. The minimum absolute atomic E-state index is 0.0446. The van der Waals surface area contributed by atoms with Gasteiger partial charge < -0.3 is 18.9 Å². The molecule has 30 heavy (non-hydrogen) atoms. The van der Waals surface area contributed by atoms with Gasteiger partial charge in [0.15, 0.2) is 11.5 Å². The highest BCUT2D eigenvalue weighted by Gasteiger charge is 2.41. The summed E-state index contributed by atoms with van der Waals surface area (Å²) in [7, 11) is 4.98. The fourth-order valence-electron chi connectivity index (χ4n) is 4.41. The third-order valence-corrected chi connectivity index (χ3v) is 5.91. The number of nitrogens with zero attached hydrogens (tertiary/aromatic N) is 1. The number of rotatable bonds is 8. The Labute approximate surface area is 180 Å². The van der Waals surface area contributed by atoms with E-state index in [2.05, 4.69) is 26.0 Å². The van der Waals surface area contributed by atoms with Crippen LogP contribution in [0.5, 0.6) is 17.2 Å². The monoisotopic (exact) mass is 411 g/mol. The summed E-state index contributed by atoms with van der Waals surface area (Å²) in [4.78, 5) is 4.73. The van der Waals surface area contributed by atoms with Crippen LogP contribution in [-0.4, -0.2) is 46.3 Å². The fraction of sp³-hybridized carbons (Fsp3) is 0.480. The molecule has 1 atom stereocenters. The highest BCUT2D eigenvalue weighted by Crippen LogP contribution is 2.44.